The topological polar surface area (TPSA) is 122 Å². The number of benzene rings is 2. The number of halogens is 1. The van der Waals surface area contributed by atoms with E-state index in [4.69, 9.17) is 0 Å². The number of hydrogen-bond acceptors (Lipinski definition) is 5. The third-order valence-electron chi connectivity index (χ3n) is 3.80. The molecule has 0 unspecified atom stereocenters. The summed E-state index contributed by atoms with van der Waals surface area (Å²) in [5.41, 5.74) is -0.0566. The van der Waals surface area contributed by atoms with Gasteiger partial charge >= 0.3 is 6.03 Å². The summed E-state index contributed by atoms with van der Waals surface area (Å²) in [6.07, 6.45) is 1.27. The molecule has 2 aromatic carbocycles. The zero-order valence-corrected chi connectivity index (χ0v) is 14.2. The summed E-state index contributed by atoms with van der Waals surface area (Å²) in [6.45, 7) is -0.620. The number of hydrogen-bond donors (Lipinski definition) is 2. The molecule has 0 atom stereocenters. The van der Waals surface area contributed by atoms with Crippen LogP contribution in [-0.4, -0.2) is 34.2 Å². The van der Waals surface area contributed by atoms with Gasteiger partial charge in [0.05, 0.1) is 10.6 Å². The molecule has 1 fully saturated rings. The Morgan fingerprint density at radius 3 is 2.68 bits per heavy atom. The van der Waals surface area contributed by atoms with Crippen LogP contribution in [0.2, 0.25) is 0 Å². The van der Waals surface area contributed by atoms with Crippen LogP contribution < -0.4 is 10.6 Å². The first-order valence-corrected chi connectivity index (χ1v) is 7.98. The second-order valence-corrected chi connectivity index (χ2v) is 5.76. The van der Waals surface area contributed by atoms with Crippen molar-refractivity contribution < 1.29 is 23.7 Å². The Bertz CT molecular complexity index is 1020. The normalized spacial score (nSPS) is 14.9. The van der Waals surface area contributed by atoms with Gasteiger partial charge in [-0.3, -0.25) is 19.7 Å². The molecule has 9 nitrogen and oxygen atoms in total. The summed E-state index contributed by atoms with van der Waals surface area (Å²) in [5.74, 6) is -2.19. The van der Waals surface area contributed by atoms with E-state index in [1.807, 2.05) is 0 Å². The van der Waals surface area contributed by atoms with Gasteiger partial charge in [-0.15, -0.1) is 0 Å². The molecular weight excluding hydrogens is 371 g/mol. The van der Waals surface area contributed by atoms with Gasteiger partial charge in [-0.25, -0.2) is 14.1 Å². The lowest BCUT2D eigenvalue weighted by Gasteiger charge is -2.12. The van der Waals surface area contributed by atoms with Gasteiger partial charge in [0.25, 0.3) is 11.6 Å². The van der Waals surface area contributed by atoms with Gasteiger partial charge in [-0.2, -0.15) is 0 Å². The highest BCUT2D eigenvalue weighted by molar-refractivity contribution is 6.15. The highest BCUT2D eigenvalue weighted by Gasteiger charge is 2.35. The number of rotatable bonds is 5. The number of nitrogens with zero attached hydrogens (tertiary/aromatic N) is 2. The lowest BCUT2D eigenvalue weighted by molar-refractivity contribution is -0.384. The average molecular weight is 384 g/mol. The van der Waals surface area contributed by atoms with Crippen LogP contribution in [0.15, 0.2) is 54.2 Å². The molecular formula is C18H13FN4O5. The van der Waals surface area contributed by atoms with E-state index in [2.05, 4.69) is 10.6 Å². The minimum atomic E-state index is -0.828. The maximum atomic E-state index is 13.6. The number of para-hydroxylation sites is 1. The average Bonchev–Trinajstić information content (AvgIpc) is 2.91. The molecule has 0 bridgehead atoms. The molecule has 4 amide bonds. The van der Waals surface area contributed by atoms with Crippen molar-refractivity contribution in [3.05, 3.63) is 75.7 Å². The maximum absolute atomic E-state index is 13.6. The number of nitrogens with one attached hydrogen (secondary N) is 2. The second kappa shape index (κ2) is 7.66. The highest BCUT2D eigenvalue weighted by Crippen LogP contribution is 2.18. The van der Waals surface area contributed by atoms with Crippen molar-refractivity contribution in [2.75, 3.05) is 11.9 Å². The van der Waals surface area contributed by atoms with Crippen molar-refractivity contribution in [3.63, 3.8) is 0 Å². The number of anilines is 1. The van der Waals surface area contributed by atoms with E-state index in [9.17, 15) is 28.9 Å². The molecule has 1 aliphatic heterocycles. The van der Waals surface area contributed by atoms with Gasteiger partial charge in [0.2, 0.25) is 5.91 Å². The van der Waals surface area contributed by atoms with Gasteiger partial charge in [0.15, 0.2) is 0 Å². The number of carbonyl (C=O) groups excluding carboxylic acids is 3. The fourth-order valence-corrected chi connectivity index (χ4v) is 2.51. The highest BCUT2D eigenvalue weighted by atomic mass is 19.1. The van der Waals surface area contributed by atoms with Crippen molar-refractivity contribution in [3.8, 4) is 0 Å². The molecule has 0 aliphatic carbocycles. The summed E-state index contributed by atoms with van der Waals surface area (Å²) in [7, 11) is 0. The smallest absolute Gasteiger partial charge is 0.322 e. The molecule has 2 aromatic rings. The summed E-state index contributed by atoms with van der Waals surface area (Å²) in [4.78, 5) is 47.3. The molecule has 10 heteroatoms. The third-order valence-corrected chi connectivity index (χ3v) is 3.80. The number of urea groups is 1. The van der Waals surface area contributed by atoms with E-state index in [0.717, 1.165) is 6.07 Å². The van der Waals surface area contributed by atoms with Gasteiger partial charge in [-0.1, -0.05) is 24.3 Å². The molecule has 2 N–H and O–H groups in total. The SMILES string of the molecule is O=C(CN1C(=O)N/C(=C/c2cccc([N+](=O)[O-])c2)C1=O)Nc1ccccc1F. The van der Waals surface area contributed by atoms with Gasteiger partial charge < -0.3 is 10.6 Å². The standard InChI is InChI=1S/C18H13FN4O5/c19-13-6-1-2-7-14(13)20-16(24)10-22-17(25)15(21-18(22)26)9-11-4-3-5-12(8-11)23(27)28/h1-9H,10H2,(H,20,24)(H,21,26)/b15-9+. The summed E-state index contributed by atoms with van der Waals surface area (Å²) >= 11 is 0. The quantitative estimate of drug-likeness (QED) is 0.354. The number of amides is 4. The van der Waals surface area contributed by atoms with Crippen LogP contribution in [0.1, 0.15) is 5.56 Å². The molecule has 0 radical (unpaired) electrons. The number of carbonyl (C=O) groups is 3. The molecule has 3 rings (SSSR count). The molecule has 28 heavy (non-hydrogen) atoms. The monoisotopic (exact) mass is 384 g/mol. The molecule has 0 saturated carbocycles. The van der Waals surface area contributed by atoms with Crippen LogP contribution in [0.4, 0.5) is 20.6 Å². The summed E-state index contributed by atoms with van der Waals surface area (Å²) < 4.78 is 13.6. The minimum Gasteiger partial charge on any atom is -0.322 e. The summed E-state index contributed by atoms with van der Waals surface area (Å²) in [6, 6.07) is 10.1. The number of imide groups is 1. The zero-order chi connectivity index (χ0) is 20.3. The molecule has 0 aromatic heterocycles. The first-order valence-electron chi connectivity index (χ1n) is 7.98. The lowest BCUT2D eigenvalue weighted by Crippen LogP contribution is -2.38. The van der Waals surface area contributed by atoms with Gasteiger partial charge in [0, 0.05) is 12.1 Å². The van der Waals surface area contributed by atoms with Crippen molar-refractivity contribution >= 4 is 35.3 Å². The molecule has 1 heterocycles. The Balaban J connectivity index is 1.73. The van der Waals surface area contributed by atoms with Crippen LogP contribution in [0.25, 0.3) is 6.08 Å². The summed E-state index contributed by atoms with van der Waals surface area (Å²) in [5, 5.41) is 15.4. The predicted octanol–water partition coefficient (Wildman–Crippen LogP) is 2.27. The van der Waals surface area contributed by atoms with Crippen molar-refractivity contribution in [2.45, 2.75) is 0 Å². The van der Waals surface area contributed by atoms with Crippen LogP contribution >= 0.6 is 0 Å². The largest absolute Gasteiger partial charge is 0.329 e. The van der Waals surface area contributed by atoms with E-state index in [1.54, 1.807) is 0 Å². The van der Waals surface area contributed by atoms with E-state index in [-0.39, 0.29) is 17.1 Å². The first kappa shape index (κ1) is 18.7. The predicted molar refractivity (Wildman–Crippen MR) is 96.3 cm³/mol. The number of non-ortho nitro benzene ring substituents is 1. The Kier molecular flexibility index (Phi) is 5.12. The Hall–Kier alpha value is -4.08. The van der Waals surface area contributed by atoms with Crippen molar-refractivity contribution in [1.82, 2.24) is 10.2 Å². The molecule has 1 saturated heterocycles. The van der Waals surface area contributed by atoms with Gasteiger partial charge in [-0.05, 0) is 23.8 Å². The van der Waals surface area contributed by atoms with Crippen LogP contribution in [-0.2, 0) is 9.59 Å². The third kappa shape index (κ3) is 4.01. The zero-order valence-electron chi connectivity index (χ0n) is 14.2. The van der Waals surface area contributed by atoms with Gasteiger partial charge in [0.1, 0.15) is 18.1 Å². The lowest BCUT2D eigenvalue weighted by atomic mass is 10.1. The first-order chi connectivity index (χ1) is 13.3. The van der Waals surface area contributed by atoms with E-state index >= 15 is 0 Å². The number of nitro benzene ring substituents is 1. The van der Waals surface area contributed by atoms with E-state index < -0.39 is 35.1 Å². The Labute approximate surface area is 157 Å². The maximum Gasteiger partial charge on any atom is 0.329 e. The second-order valence-electron chi connectivity index (χ2n) is 5.76. The Morgan fingerprint density at radius 1 is 1.21 bits per heavy atom. The van der Waals surface area contributed by atoms with Crippen LogP contribution in [0, 0.1) is 15.9 Å². The van der Waals surface area contributed by atoms with Crippen molar-refractivity contribution in [2.24, 2.45) is 0 Å². The van der Waals surface area contributed by atoms with Crippen molar-refractivity contribution in [1.29, 1.82) is 0 Å². The van der Waals surface area contributed by atoms with E-state index in [1.165, 1.54) is 48.5 Å². The van der Waals surface area contributed by atoms with Crippen LogP contribution in [0.3, 0.4) is 0 Å². The number of nitro groups is 1. The minimum absolute atomic E-state index is 0.0769. The van der Waals surface area contributed by atoms with Crippen LogP contribution in [0.5, 0.6) is 0 Å². The molecule has 1 aliphatic rings. The van der Waals surface area contributed by atoms with E-state index in [0.29, 0.717) is 10.5 Å². The fraction of sp³-hybridized carbons (Fsp3) is 0.0556. The fourth-order valence-electron chi connectivity index (χ4n) is 2.51. The Morgan fingerprint density at radius 2 is 1.96 bits per heavy atom. The molecule has 142 valence electrons. The molecule has 0 spiro atoms.